The molecule has 0 radical (unpaired) electrons. The highest BCUT2D eigenvalue weighted by Gasteiger charge is 2.20. The van der Waals surface area contributed by atoms with Crippen molar-refractivity contribution in [3.8, 4) is 11.1 Å². The minimum Gasteiger partial charge on any atom is -0.105 e. The summed E-state index contributed by atoms with van der Waals surface area (Å²) in [4.78, 5) is 0. The molecule has 0 bridgehead atoms. The van der Waals surface area contributed by atoms with Crippen molar-refractivity contribution in [1.82, 2.24) is 0 Å². The van der Waals surface area contributed by atoms with Gasteiger partial charge in [-0.05, 0) is 27.4 Å². The molecule has 0 aromatic heterocycles. The second-order valence-electron chi connectivity index (χ2n) is 5.39. The zero-order valence-corrected chi connectivity index (χ0v) is 11.9. The Bertz CT molecular complexity index is 507. The fourth-order valence-corrected chi connectivity index (χ4v) is 2.97. The average Bonchev–Trinajstić information content (AvgIpc) is 2.28. The molecule has 17 heavy (non-hydrogen) atoms. The fourth-order valence-electron chi connectivity index (χ4n) is 2.27. The van der Waals surface area contributed by atoms with E-state index in [1.165, 1.54) is 22.0 Å². The third-order valence-corrected chi connectivity index (χ3v) is 3.41. The Hall–Kier alpha value is -1.13. The van der Waals surface area contributed by atoms with E-state index < -0.39 is 0 Å². The molecule has 0 aliphatic heterocycles. The summed E-state index contributed by atoms with van der Waals surface area (Å²) in [6, 6.07) is 17.1. The Morgan fingerprint density at radius 3 is 2.06 bits per heavy atom. The standard InChI is InChI=1S/C16H19P/c1-16(2,3)15-13(10-7-11-14(15)17)12-8-5-4-6-9-12/h4-11H,17H2,1-3H3. The van der Waals surface area contributed by atoms with E-state index in [2.05, 4.69) is 78.5 Å². The molecule has 0 N–H and O–H groups in total. The maximum absolute atomic E-state index is 2.86. The normalized spacial score (nSPS) is 11.5. The van der Waals surface area contributed by atoms with Crippen LogP contribution < -0.4 is 5.30 Å². The predicted molar refractivity (Wildman–Crippen MR) is 79.9 cm³/mol. The van der Waals surface area contributed by atoms with Crippen molar-refractivity contribution in [2.24, 2.45) is 0 Å². The van der Waals surface area contributed by atoms with Crippen molar-refractivity contribution < 1.29 is 0 Å². The van der Waals surface area contributed by atoms with Crippen molar-refractivity contribution in [1.29, 1.82) is 0 Å². The fraction of sp³-hybridized carbons (Fsp3) is 0.250. The highest BCUT2D eigenvalue weighted by atomic mass is 31.0. The molecule has 2 rings (SSSR count). The monoisotopic (exact) mass is 242 g/mol. The van der Waals surface area contributed by atoms with Gasteiger partial charge in [-0.15, -0.1) is 9.24 Å². The molecule has 1 atom stereocenters. The number of hydrogen-bond donors (Lipinski definition) is 0. The molecule has 1 unspecified atom stereocenters. The highest BCUT2D eigenvalue weighted by Crippen LogP contribution is 2.32. The van der Waals surface area contributed by atoms with Gasteiger partial charge < -0.3 is 0 Å². The number of benzene rings is 2. The first-order valence-corrected chi connectivity index (χ1v) is 6.52. The zero-order valence-electron chi connectivity index (χ0n) is 10.7. The summed E-state index contributed by atoms with van der Waals surface area (Å²) in [5.74, 6) is 0. The van der Waals surface area contributed by atoms with Crippen LogP contribution in [0.4, 0.5) is 0 Å². The zero-order chi connectivity index (χ0) is 12.5. The van der Waals surface area contributed by atoms with Gasteiger partial charge in [-0.25, -0.2) is 0 Å². The van der Waals surface area contributed by atoms with Crippen LogP contribution in [0.25, 0.3) is 11.1 Å². The van der Waals surface area contributed by atoms with E-state index in [-0.39, 0.29) is 5.41 Å². The van der Waals surface area contributed by atoms with Gasteiger partial charge in [0, 0.05) is 0 Å². The van der Waals surface area contributed by atoms with Gasteiger partial charge in [-0.3, -0.25) is 0 Å². The minimum atomic E-state index is 0.156. The Labute approximate surface area is 106 Å². The van der Waals surface area contributed by atoms with E-state index in [0.717, 1.165) is 0 Å². The van der Waals surface area contributed by atoms with Gasteiger partial charge in [-0.1, -0.05) is 69.3 Å². The number of rotatable bonds is 1. The summed E-state index contributed by atoms with van der Waals surface area (Å²) in [6.07, 6.45) is 0. The maximum Gasteiger partial charge on any atom is -0.0120 e. The van der Waals surface area contributed by atoms with Crippen LogP contribution in [0.3, 0.4) is 0 Å². The Morgan fingerprint density at radius 2 is 1.47 bits per heavy atom. The van der Waals surface area contributed by atoms with Crippen molar-refractivity contribution >= 4 is 14.5 Å². The van der Waals surface area contributed by atoms with E-state index in [4.69, 9.17) is 0 Å². The molecule has 88 valence electrons. The van der Waals surface area contributed by atoms with Gasteiger partial charge >= 0.3 is 0 Å². The summed E-state index contributed by atoms with van der Waals surface area (Å²) in [5.41, 5.74) is 4.20. The average molecular weight is 242 g/mol. The van der Waals surface area contributed by atoms with Crippen LogP contribution in [0.1, 0.15) is 26.3 Å². The lowest BCUT2D eigenvalue weighted by atomic mass is 9.82. The SMILES string of the molecule is CC(C)(C)c1c(P)cccc1-c1ccccc1. The van der Waals surface area contributed by atoms with Crippen molar-refractivity contribution in [2.75, 3.05) is 0 Å². The lowest BCUT2D eigenvalue weighted by Gasteiger charge is -2.25. The molecule has 0 heterocycles. The Kier molecular flexibility index (Phi) is 3.35. The largest absolute Gasteiger partial charge is 0.105 e. The van der Waals surface area contributed by atoms with Crippen LogP contribution in [0.2, 0.25) is 0 Å². The molecule has 0 saturated carbocycles. The van der Waals surface area contributed by atoms with Crippen LogP contribution >= 0.6 is 9.24 Å². The van der Waals surface area contributed by atoms with Crippen molar-refractivity contribution in [2.45, 2.75) is 26.2 Å². The molecular formula is C16H19P. The molecule has 2 aromatic rings. The summed E-state index contributed by atoms with van der Waals surface area (Å²) in [7, 11) is 2.86. The van der Waals surface area contributed by atoms with Gasteiger partial charge in [0.25, 0.3) is 0 Å². The molecule has 0 nitrogen and oxygen atoms in total. The molecule has 1 heteroatoms. The molecule has 0 saturated heterocycles. The topological polar surface area (TPSA) is 0 Å². The third kappa shape index (κ3) is 2.58. The second kappa shape index (κ2) is 4.63. The summed E-state index contributed by atoms with van der Waals surface area (Å²) in [5, 5.41) is 1.29. The maximum atomic E-state index is 2.86. The van der Waals surface area contributed by atoms with Gasteiger partial charge in [0.15, 0.2) is 0 Å². The first-order valence-electron chi connectivity index (χ1n) is 5.94. The smallest absolute Gasteiger partial charge is 0.0120 e. The van der Waals surface area contributed by atoms with E-state index >= 15 is 0 Å². The summed E-state index contributed by atoms with van der Waals surface area (Å²) >= 11 is 0. The highest BCUT2D eigenvalue weighted by molar-refractivity contribution is 7.27. The van der Waals surface area contributed by atoms with Crippen molar-refractivity contribution in [3.05, 3.63) is 54.1 Å². The molecule has 0 fully saturated rings. The third-order valence-electron chi connectivity index (χ3n) is 2.93. The van der Waals surface area contributed by atoms with Gasteiger partial charge in [0.05, 0.1) is 0 Å². The van der Waals surface area contributed by atoms with Gasteiger partial charge in [-0.2, -0.15) is 0 Å². The lowest BCUT2D eigenvalue weighted by molar-refractivity contribution is 0.596. The molecule has 0 amide bonds. The van der Waals surface area contributed by atoms with Crippen LogP contribution in [0.5, 0.6) is 0 Å². The van der Waals surface area contributed by atoms with Crippen molar-refractivity contribution in [3.63, 3.8) is 0 Å². The molecular weight excluding hydrogens is 223 g/mol. The van der Waals surface area contributed by atoms with Crippen LogP contribution in [0.15, 0.2) is 48.5 Å². The van der Waals surface area contributed by atoms with Crippen LogP contribution in [-0.4, -0.2) is 0 Å². The first-order chi connectivity index (χ1) is 8.00. The van der Waals surface area contributed by atoms with E-state index in [1.54, 1.807) is 0 Å². The molecule has 0 aliphatic rings. The Morgan fingerprint density at radius 1 is 0.824 bits per heavy atom. The molecule has 0 spiro atoms. The molecule has 2 aromatic carbocycles. The quantitative estimate of drug-likeness (QED) is 0.659. The van der Waals surface area contributed by atoms with Crippen LogP contribution in [0, 0.1) is 0 Å². The van der Waals surface area contributed by atoms with E-state index in [1.807, 2.05) is 0 Å². The molecule has 0 aliphatic carbocycles. The van der Waals surface area contributed by atoms with Crippen LogP contribution in [-0.2, 0) is 5.41 Å². The van der Waals surface area contributed by atoms with E-state index in [0.29, 0.717) is 0 Å². The lowest BCUT2D eigenvalue weighted by Crippen LogP contribution is -2.20. The minimum absolute atomic E-state index is 0.156. The first kappa shape index (κ1) is 12.3. The van der Waals surface area contributed by atoms with Gasteiger partial charge in [0.1, 0.15) is 0 Å². The second-order valence-corrected chi connectivity index (χ2v) is 6.01. The Balaban J connectivity index is 2.67. The van der Waals surface area contributed by atoms with E-state index in [9.17, 15) is 0 Å². The number of hydrogen-bond acceptors (Lipinski definition) is 0. The predicted octanol–water partition coefficient (Wildman–Crippen LogP) is 4.15. The van der Waals surface area contributed by atoms with Gasteiger partial charge in [0.2, 0.25) is 0 Å². The summed E-state index contributed by atoms with van der Waals surface area (Å²) < 4.78 is 0. The summed E-state index contributed by atoms with van der Waals surface area (Å²) in [6.45, 7) is 6.80.